The van der Waals surface area contributed by atoms with Crippen LogP contribution in [-0.4, -0.2) is 18.6 Å². The first-order valence-electron chi connectivity index (χ1n) is 5.95. The zero-order valence-corrected chi connectivity index (χ0v) is 11.1. The highest BCUT2D eigenvalue weighted by molar-refractivity contribution is 5.56. The molecule has 0 bridgehead atoms. The van der Waals surface area contributed by atoms with Gasteiger partial charge in [0, 0.05) is 24.3 Å². The lowest BCUT2D eigenvalue weighted by Gasteiger charge is -2.21. The molecule has 0 radical (unpaired) electrons. The van der Waals surface area contributed by atoms with E-state index in [-0.39, 0.29) is 5.54 Å². The van der Waals surface area contributed by atoms with Gasteiger partial charge in [0.05, 0.1) is 0 Å². The van der Waals surface area contributed by atoms with Crippen molar-refractivity contribution in [2.75, 3.05) is 18.4 Å². The van der Waals surface area contributed by atoms with Crippen LogP contribution >= 0.6 is 0 Å². The van der Waals surface area contributed by atoms with Crippen molar-refractivity contribution in [1.82, 2.24) is 5.32 Å². The Balaban J connectivity index is 2.43. The van der Waals surface area contributed by atoms with E-state index in [4.69, 9.17) is 0 Å². The summed E-state index contributed by atoms with van der Waals surface area (Å²) in [5.74, 6) is 0. The van der Waals surface area contributed by atoms with Crippen LogP contribution in [-0.2, 0) is 0 Å². The summed E-state index contributed by atoms with van der Waals surface area (Å²) in [6, 6.07) is 6.39. The Bertz CT molecular complexity index is 317. The quantitative estimate of drug-likeness (QED) is 0.762. The fourth-order valence-corrected chi connectivity index (χ4v) is 1.72. The molecule has 2 N–H and O–H groups in total. The molecule has 0 aliphatic carbocycles. The Labute approximate surface area is 99.5 Å². The molecule has 0 saturated heterocycles. The average molecular weight is 220 g/mol. The normalized spacial score (nSPS) is 11.6. The van der Waals surface area contributed by atoms with Crippen molar-refractivity contribution in [1.29, 1.82) is 0 Å². The number of aryl methyl sites for hydroxylation is 2. The standard InChI is InChI=1S/C14H24N2/c1-11-7-6-8-12(2)13(11)15-9-10-16-14(3,4)5/h6-8,15-16H,9-10H2,1-5H3. The molecule has 2 nitrogen and oxygen atoms in total. The third-order valence-corrected chi connectivity index (χ3v) is 2.56. The maximum Gasteiger partial charge on any atom is 0.0400 e. The van der Waals surface area contributed by atoms with Crippen molar-refractivity contribution in [3.8, 4) is 0 Å². The van der Waals surface area contributed by atoms with Gasteiger partial charge in [0.15, 0.2) is 0 Å². The van der Waals surface area contributed by atoms with Crippen LogP contribution in [0.15, 0.2) is 18.2 Å². The molecule has 0 heterocycles. The van der Waals surface area contributed by atoms with Crippen LogP contribution in [0.3, 0.4) is 0 Å². The predicted octanol–water partition coefficient (Wildman–Crippen LogP) is 3.10. The van der Waals surface area contributed by atoms with Gasteiger partial charge >= 0.3 is 0 Å². The Kier molecular flexibility index (Phi) is 4.36. The lowest BCUT2D eigenvalue weighted by molar-refractivity contribution is 0.435. The smallest absolute Gasteiger partial charge is 0.0400 e. The van der Waals surface area contributed by atoms with Gasteiger partial charge in [-0.2, -0.15) is 0 Å². The molecule has 0 fully saturated rings. The van der Waals surface area contributed by atoms with Gasteiger partial charge in [0.2, 0.25) is 0 Å². The number of anilines is 1. The van der Waals surface area contributed by atoms with E-state index >= 15 is 0 Å². The van der Waals surface area contributed by atoms with E-state index in [0.29, 0.717) is 0 Å². The lowest BCUT2D eigenvalue weighted by Crippen LogP contribution is -2.38. The molecule has 0 unspecified atom stereocenters. The van der Waals surface area contributed by atoms with Gasteiger partial charge in [-0.1, -0.05) is 18.2 Å². The van der Waals surface area contributed by atoms with Crippen LogP contribution in [0, 0.1) is 13.8 Å². The van der Waals surface area contributed by atoms with Crippen molar-refractivity contribution in [2.24, 2.45) is 0 Å². The summed E-state index contributed by atoms with van der Waals surface area (Å²) in [5, 5.41) is 6.96. The van der Waals surface area contributed by atoms with Crippen LogP contribution < -0.4 is 10.6 Å². The van der Waals surface area contributed by atoms with Crippen molar-refractivity contribution < 1.29 is 0 Å². The third kappa shape index (κ3) is 4.23. The molecule has 1 aromatic carbocycles. The van der Waals surface area contributed by atoms with E-state index in [9.17, 15) is 0 Å². The summed E-state index contributed by atoms with van der Waals surface area (Å²) >= 11 is 0. The molecule has 0 aliphatic heterocycles. The summed E-state index contributed by atoms with van der Waals surface area (Å²) in [6.45, 7) is 12.8. The molecule has 0 amide bonds. The second-order valence-corrected chi connectivity index (χ2v) is 5.37. The fourth-order valence-electron chi connectivity index (χ4n) is 1.72. The highest BCUT2D eigenvalue weighted by Gasteiger charge is 2.07. The van der Waals surface area contributed by atoms with Gasteiger partial charge in [-0.3, -0.25) is 0 Å². The molecule has 0 saturated carbocycles. The minimum atomic E-state index is 0.197. The molecule has 0 aromatic heterocycles. The van der Waals surface area contributed by atoms with Gasteiger partial charge in [-0.05, 0) is 45.7 Å². The maximum atomic E-state index is 3.49. The van der Waals surface area contributed by atoms with E-state index in [2.05, 4.69) is 63.5 Å². The molecule has 0 spiro atoms. The summed E-state index contributed by atoms with van der Waals surface area (Å²) in [6.07, 6.45) is 0. The Morgan fingerprint density at radius 1 is 1.00 bits per heavy atom. The van der Waals surface area contributed by atoms with Crippen LogP contribution in [0.1, 0.15) is 31.9 Å². The molecule has 2 heteroatoms. The fraction of sp³-hybridized carbons (Fsp3) is 0.571. The highest BCUT2D eigenvalue weighted by atomic mass is 15.0. The molecule has 0 atom stereocenters. The number of rotatable bonds is 4. The van der Waals surface area contributed by atoms with Crippen LogP contribution in [0.25, 0.3) is 0 Å². The predicted molar refractivity (Wildman–Crippen MR) is 72.2 cm³/mol. The van der Waals surface area contributed by atoms with Crippen molar-refractivity contribution in [3.05, 3.63) is 29.3 Å². The number of hydrogen-bond donors (Lipinski definition) is 2. The molecule has 90 valence electrons. The van der Waals surface area contributed by atoms with E-state index in [1.807, 2.05) is 0 Å². The molecular formula is C14H24N2. The average Bonchev–Trinajstić information content (AvgIpc) is 2.14. The highest BCUT2D eigenvalue weighted by Crippen LogP contribution is 2.18. The number of benzene rings is 1. The Morgan fingerprint density at radius 3 is 2.06 bits per heavy atom. The SMILES string of the molecule is Cc1cccc(C)c1NCCNC(C)(C)C. The first-order chi connectivity index (χ1) is 7.40. The number of nitrogens with one attached hydrogen (secondary N) is 2. The zero-order chi connectivity index (χ0) is 12.2. The number of hydrogen-bond acceptors (Lipinski definition) is 2. The molecule has 1 rings (SSSR count). The topological polar surface area (TPSA) is 24.1 Å². The summed E-state index contributed by atoms with van der Waals surface area (Å²) in [5.41, 5.74) is 4.10. The van der Waals surface area contributed by atoms with E-state index < -0.39 is 0 Å². The first kappa shape index (κ1) is 13.0. The van der Waals surface area contributed by atoms with Gasteiger partial charge in [0.25, 0.3) is 0 Å². The molecule has 1 aromatic rings. The summed E-state index contributed by atoms with van der Waals surface area (Å²) in [7, 11) is 0. The summed E-state index contributed by atoms with van der Waals surface area (Å²) < 4.78 is 0. The van der Waals surface area contributed by atoms with Crippen molar-refractivity contribution in [2.45, 2.75) is 40.2 Å². The lowest BCUT2D eigenvalue weighted by atomic mass is 10.1. The van der Waals surface area contributed by atoms with Crippen LogP contribution in [0.4, 0.5) is 5.69 Å². The van der Waals surface area contributed by atoms with Crippen LogP contribution in [0.5, 0.6) is 0 Å². The van der Waals surface area contributed by atoms with Gasteiger partial charge in [0.1, 0.15) is 0 Å². The monoisotopic (exact) mass is 220 g/mol. The Morgan fingerprint density at radius 2 is 1.56 bits per heavy atom. The third-order valence-electron chi connectivity index (χ3n) is 2.56. The van der Waals surface area contributed by atoms with Gasteiger partial charge in [-0.15, -0.1) is 0 Å². The Hall–Kier alpha value is -1.02. The molecular weight excluding hydrogens is 196 g/mol. The summed E-state index contributed by atoms with van der Waals surface area (Å²) in [4.78, 5) is 0. The van der Waals surface area contributed by atoms with Crippen LogP contribution in [0.2, 0.25) is 0 Å². The minimum Gasteiger partial charge on any atom is -0.383 e. The van der Waals surface area contributed by atoms with E-state index in [1.54, 1.807) is 0 Å². The van der Waals surface area contributed by atoms with Crippen molar-refractivity contribution >= 4 is 5.69 Å². The maximum absolute atomic E-state index is 3.49. The molecule has 0 aliphatic rings. The van der Waals surface area contributed by atoms with E-state index in [1.165, 1.54) is 16.8 Å². The van der Waals surface area contributed by atoms with Gasteiger partial charge < -0.3 is 10.6 Å². The van der Waals surface area contributed by atoms with E-state index in [0.717, 1.165) is 13.1 Å². The zero-order valence-electron chi connectivity index (χ0n) is 11.1. The second-order valence-electron chi connectivity index (χ2n) is 5.37. The van der Waals surface area contributed by atoms with Gasteiger partial charge in [-0.25, -0.2) is 0 Å². The molecule has 16 heavy (non-hydrogen) atoms. The number of para-hydroxylation sites is 1. The second kappa shape index (κ2) is 5.35. The largest absolute Gasteiger partial charge is 0.383 e. The minimum absolute atomic E-state index is 0.197. The van der Waals surface area contributed by atoms with Crippen molar-refractivity contribution in [3.63, 3.8) is 0 Å². The first-order valence-corrected chi connectivity index (χ1v) is 5.95.